The number of fused-ring (bicyclic) bond motifs is 1. The molecule has 126 valence electrons. The first kappa shape index (κ1) is 16.1. The van der Waals surface area contributed by atoms with Gasteiger partial charge in [0, 0.05) is 29.8 Å². The number of nitrogens with two attached hydrogens (primary N) is 1. The van der Waals surface area contributed by atoms with Crippen LogP contribution in [-0.4, -0.2) is 40.6 Å². The van der Waals surface area contributed by atoms with Crippen molar-refractivity contribution in [3.05, 3.63) is 29.3 Å². The lowest BCUT2D eigenvalue weighted by Gasteiger charge is -2.29. The number of nitrogens with zero attached hydrogens (tertiary/aromatic N) is 1. The first-order valence-electron chi connectivity index (χ1n) is 7.71. The molecule has 2 aliphatic rings. The Morgan fingerprint density at radius 2 is 2.12 bits per heavy atom. The van der Waals surface area contributed by atoms with E-state index >= 15 is 0 Å². The zero-order valence-electron chi connectivity index (χ0n) is 13.2. The molecule has 4 amide bonds. The van der Waals surface area contributed by atoms with E-state index in [-0.39, 0.29) is 30.7 Å². The molecule has 0 saturated carbocycles. The lowest BCUT2D eigenvalue weighted by molar-refractivity contribution is -0.137. The number of carbonyl (C=O) groups is 4. The molecule has 0 aromatic heterocycles. The second-order valence-corrected chi connectivity index (χ2v) is 6.01. The van der Waals surface area contributed by atoms with Crippen molar-refractivity contribution in [2.24, 2.45) is 5.73 Å². The highest BCUT2D eigenvalue weighted by Crippen LogP contribution is 2.32. The van der Waals surface area contributed by atoms with E-state index in [0.717, 1.165) is 0 Å². The van der Waals surface area contributed by atoms with Gasteiger partial charge < -0.3 is 16.0 Å². The van der Waals surface area contributed by atoms with Gasteiger partial charge in [-0.15, -0.1) is 0 Å². The zero-order valence-corrected chi connectivity index (χ0v) is 13.2. The third-order valence-corrected chi connectivity index (χ3v) is 4.25. The van der Waals surface area contributed by atoms with Gasteiger partial charge in [-0.1, -0.05) is 6.07 Å². The van der Waals surface area contributed by atoms with Crippen LogP contribution in [0.2, 0.25) is 0 Å². The van der Waals surface area contributed by atoms with Gasteiger partial charge in [-0.3, -0.25) is 24.5 Å². The maximum absolute atomic E-state index is 12.6. The predicted molar refractivity (Wildman–Crippen MR) is 84.8 cm³/mol. The van der Waals surface area contributed by atoms with E-state index in [2.05, 4.69) is 10.6 Å². The summed E-state index contributed by atoms with van der Waals surface area (Å²) in [4.78, 5) is 49.2. The van der Waals surface area contributed by atoms with Crippen molar-refractivity contribution in [1.29, 1.82) is 0 Å². The van der Waals surface area contributed by atoms with E-state index < -0.39 is 18.0 Å². The minimum Gasteiger partial charge on any atom is -0.324 e. The Bertz CT molecular complexity index is 744. The number of imide groups is 1. The van der Waals surface area contributed by atoms with Crippen molar-refractivity contribution in [3.63, 3.8) is 0 Å². The largest absolute Gasteiger partial charge is 0.324 e. The fourth-order valence-corrected chi connectivity index (χ4v) is 2.95. The summed E-state index contributed by atoms with van der Waals surface area (Å²) >= 11 is 0. The van der Waals surface area contributed by atoms with Crippen LogP contribution in [0.5, 0.6) is 0 Å². The number of carbonyl (C=O) groups excluding carboxylic acids is 4. The van der Waals surface area contributed by atoms with Gasteiger partial charge >= 0.3 is 0 Å². The molecule has 4 N–H and O–H groups in total. The molecule has 1 aromatic carbocycles. The summed E-state index contributed by atoms with van der Waals surface area (Å²) in [5.41, 5.74) is 7.17. The average molecular weight is 330 g/mol. The Kier molecular flexibility index (Phi) is 4.06. The van der Waals surface area contributed by atoms with Crippen molar-refractivity contribution in [2.45, 2.75) is 38.4 Å². The Morgan fingerprint density at radius 3 is 2.79 bits per heavy atom. The molecule has 8 heteroatoms. The van der Waals surface area contributed by atoms with Crippen LogP contribution in [0.25, 0.3) is 0 Å². The summed E-state index contributed by atoms with van der Waals surface area (Å²) < 4.78 is 0. The Hall–Kier alpha value is -2.74. The molecule has 2 aliphatic heterocycles. The van der Waals surface area contributed by atoms with Crippen molar-refractivity contribution in [2.75, 3.05) is 5.32 Å². The molecule has 8 nitrogen and oxygen atoms in total. The van der Waals surface area contributed by atoms with Crippen molar-refractivity contribution < 1.29 is 19.2 Å². The molecule has 1 unspecified atom stereocenters. The fraction of sp³-hybridized carbons (Fsp3) is 0.375. The molecule has 24 heavy (non-hydrogen) atoms. The molecule has 2 atom stereocenters. The molecule has 1 fully saturated rings. The third-order valence-electron chi connectivity index (χ3n) is 4.25. The van der Waals surface area contributed by atoms with Crippen LogP contribution in [0.15, 0.2) is 18.2 Å². The van der Waals surface area contributed by atoms with E-state index in [1.165, 1.54) is 4.90 Å². The topological polar surface area (TPSA) is 122 Å². The lowest BCUT2D eigenvalue weighted by atomic mass is 10.0. The smallest absolute Gasteiger partial charge is 0.255 e. The fourth-order valence-electron chi connectivity index (χ4n) is 2.95. The number of rotatable bonds is 3. The molecule has 0 bridgehead atoms. The maximum Gasteiger partial charge on any atom is 0.255 e. The second-order valence-electron chi connectivity index (χ2n) is 6.01. The summed E-state index contributed by atoms with van der Waals surface area (Å²) in [6, 6.07) is 3.66. The van der Waals surface area contributed by atoms with Crippen LogP contribution in [0.1, 0.15) is 35.7 Å². The Labute approximate surface area is 138 Å². The highest BCUT2D eigenvalue weighted by atomic mass is 16.2. The van der Waals surface area contributed by atoms with Crippen LogP contribution in [-0.2, 0) is 20.9 Å². The number of anilines is 1. The quantitative estimate of drug-likeness (QED) is 0.659. The molecule has 0 radical (unpaired) electrons. The van der Waals surface area contributed by atoms with Gasteiger partial charge in [0.2, 0.25) is 17.7 Å². The summed E-state index contributed by atoms with van der Waals surface area (Å²) in [5.74, 6) is -1.43. The number of benzene rings is 1. The van der Waals surface area contributed by atoms with Gasteiger partial charge in [0.05, 0.1) is 6.04 Å². The summed E-state index contributed by atoms with van der Waals surface area (Å²) in [5, 5.41) is 4.96. The highest BCUT2D eigenvalue weighted by Gasteiger charge is 2.39. The van der Waals surface area contributed by atoms with E-state index in [1.54, 1.807) is 25.1 Å². The van der Waals surface area contributed by atoms with Crippen LogP contribution >= 0.6 is 0 Å². The number of hydrogen-bond acceptors (Lipinski definition) is 5. The minimum atomic E-state index is -0.681. The van der Waals surface area contributed by atoms with Gasteiger partial charge in [0.25, 0.3) is 5.91 Å². The normalized spacial score (nSPS) is 21.3. The molecule has 0 aliphatic carbocycles. The van der Waals surface area contributed by atoms with Crippen LogP contribution in [0, 0.1) is 0 Å². The van der Waals surface area contributed by atoms with Crippen molar-refractivity contribution >= 4 is 29.3 Å². The molecule has 3 rings (SSSR count). The molecule has 0 spiro atoms. The first-order chi connectivity index (χ1) is 11.4. The van der Waals surface area contributed by atoms with E-state index in [0.29, 0.717) is 23.2 Å². The Morgan fingerprint density at radius 1 is 1.38 bits per heavy atom. The zero-order chi connectivity index (χ0) is 17.4. The van der Waals surface area contributed by atoms with Crippen molar-refractivity contribution in [3.8, 4) is 0 Å². The Balaban J connectivity index is 1.86. The van der Waals surface area contributed by atoms with Gasteiger partial charge in [-0.2, -0.15) is 0 Å². The first-order valence-corrected chi connectivity index (χ1v) is 7.71. The van der Waals surface area contributed by atoms with E-state index in [9.17, 15) is 19.2 Å². The van der Waals surface area contributed by atoms with Gasteiger partial charge in [-0.25, -0.2) is 0 Å². The molecule has 1 saturated heterocycles. The number of nitrogens with one attached hydrogen (secondary N) is 2. The molecular weight excluding hydrogens is 312 g/mol. The minimum absolute atomic E-state index is 0.199. The standard InChI is InChI=1S/C16H18N4O4/c1-8(17)14(22)18-11-4-2-3-9-10(11)7-20(16(9)24)12-5-6-13(21)19-15(12)23/h2-4,8,12H,5-7,17H2,1H3,(H,18,22)(H,19,21,23)/t8-,12?/m0/s1. The van der Waals surface area contributed by atoms with E-state index in [4.69, 9.17) is 5.73 Å². The van der Waals surface area contributed by atoms with Gasteiger partial charge in [-0.05, 0) is 25.5 Å². The summed E-state index contributed by atoms with van der Waals surface area (Å²) in [7, 11) is 0. The molecule has 1 aromatic rings. The van der Waals surface area contributed by atoms with Crippen LogP contribution < -0.4 is 16.4 Å². The lowest BCUT2D eigenvalue weighted by Crippen LogP contribution is -2.52. The van der Waals surface area contributed by atoms with E-state index in [1.807, 2.05) is 0 Å². The monoisotopic (exact) mass is 330 g/mol. The average Bonchev–Trinajstić information content (AvgIpc) is 2.85. The molecular formula is C16H18N4O4. The van der Waals surface area contributed by atoms with Gasteiger partial charge in [0.1, 0.15) is 6.04 Å². The SMILES string of the molecule is C[C@H](N)C(=O)Nc1cccc2c1CN(C1CCC(=O)NC1=O)C2=O. The summed E-state index contributed by atoms with van der Waals surface area (Å²) in [6.07, 6.45) is 0.497. The number of amides is 4. The highest BCUT2D eigenvalue weighted by molar-refractivity contribution is 6.07. The van der Waals surface area contributed by atoms with Crippen molar-refractivity contribution in [1.82, 2.24) is 10.2 Å². The predicted octanol–water partition coefficient (Wildman–Crippen LogP) is -0.267. The second kappa shape index (κ2) is 6.04. The molecule has 2 heterocycles. The number of hydrogen-bond donors (Lipinski definition) is 3. The van der Waals surface area contributed by atoms with Crippen LogP contribution in [0.4, 0.5) is 5.69 Å². The number of piperidine rings is 1. The summed E-state index contributed by atoms with van der Waals surface area (Å²) in [6.45, 7) is 1.77. The maximum atomic E-state index is 12.6. The van der Waals surface area contributed by atoms with Gasteiger partial charge in [0.15, 0.2) is 0 Å². The van der Waals surface area contributed by atoms with Crippen LogP contribution in [0.3, 0.4) is 0 Å². The third kappa shape index (κ3) is 2.76.